The molecule has 3 rings (SSSR count). The number of carbonyl (C=O) groups excluding carboxylic acids is 1. The van der Waals surface area contributed by atoms with Crippen molar-refractivity contribution in [3.63, 3.8) is 0 Å². The summed E-state index contributed by atoms with van der Waals surface area (Å²) in [6, 6.07) is 0.533. The van der Waals surface area contributed by atoms with Crippen molar-refractivity contribution in [2.45, 2.75) is 64.6 Å². The molecule has 2 atom stereocenters. The number of likely N-dealkylation sites (N-methyl/N-ethyl adjacent to an activating group) is 1. The van der Waals surface area contributed by atoms with Gasteiger partial charge in [0.25, 0.3) is 0 Å². The first-order valence-electron chi connectivity index (χ1n) is 9.55. The predicted molar refractivity (Wildman–Crippen MR) is 99.6 cm³/mol. The van der Waals surface area contributed by atoms with E-state index in [4.69, 9.17) is 0 Å². The zero-order valence-electron chi connectivity index (χ0n) is 16.4. The van der Waals surface area contributed by atoms with Crippen molar-refractivity contribution in [3.05, 3.63) is 17.5 Å². The smallest absolute Gasteiger partial charge is 0.234 e. The lowest BCUT2D eigenvalue weighted by Crippen LogP contribution is -2.53. The van der Waals surface area contributed by atoms with E-state index in [1.54, 1.807) is 0 Å². The van der Waals surface area contributed by atoms with Gasteiger partial charge >= 0.3 is 0 Å². The van der Waals surface area contributed by atoms with Gasteiger partial charge < -0.3 is 10.2 Å². The highest BCUT2D eigenvalue weighted by molar-refractivity contribution is 5.78. The normalized spacial score (nSPS) is 25.6. The van der Waals surface area contributed by atoms with Crippen LogP contribution in [0, 0.1) is 0 Å². The molecule has 0 bridgehead atoms. The number of hydrogen-bond donors (Lipinski definition) is 1. The molecule has 6 heteroatoms. The highest BCUT2D eigenvalue weighted by Crippen LogP contribution is 2.32. The van der Waals surface area contributed by atoms with Gasteiger partial charge in [-0.15, -0.1) is 0 Å². The average Bonchev–Trinajstić information content (AvgIpc) is 2.95. The van der Waals surface area contributed by atoms with Gasteiger partial charge in [0.2, 0.25) is 5.91 Å². The lowest BCUT2D eigenvalue weighted by molar-refractivity contribution is -0.124. The molecule has 0 aromatic carbocycles. The van der Waals surface area contributed by atoms with E-state index in [1.165, 1.54) is 11.3 Å². The fraction of sp³-hybridized carbons (Fsp3) is 0.789. The molecule has 1 aliphatic carbocycles. The monoisotopic (exact) mass is 347 g/mol. The Balaban J connectivity index is 1.65. The van der Waals surface area contributed by atoms with E-state index in [1.807, 2.05) is 6.20 Å². The summed E-state index contributed by atoms with van der Waals surface area (Å²) >= 11 is 0. The Bertz CT molecular complexity index is 618. The van der Waals surface area contributed by atoms with Crippen molar-refractivity contribution in [1.29, 1.82) is 0 Å². The third kappa shape index (κ3) is 4.06. The van der Waals surface area contributed by atoms with Crippen LogP contribution in [-0.2, 0) is 16.8 Å². The average molecular weight is 348 g/mol. The fourth-order valence-corrected chi connectivity index (χ4v) is 4.12. The van der Waals surface area contributed by atoms with Gasteiger partial charge in [-0.1, -0.05) is 0 Å². The van der Waals surface area contributed by atoms with Crippen molar-refractivity contribution in [2.75, 3.05) is 33.2 Å². The molecule has 1 aliphatic heterocycles. The molecular formula is C19H33N5O. The van der Waals surface area contributed by atoms with Gasteiger partial charge in [0, 0.05) is 36.9 Å². The minimum atomic E-state index is -0.0191. The molecule has 1 saturated heterocycles. The number of aromatic nitrogens is 2. The van der Waals surface area contributed by atoms with Crippen LogP contribution in [0.25, 0.3) is 0 Å². The van der Waals surface area contributed by atoms with Gasteiger partial charge in [-0.25, -0.2) is 0 Å². The van der Waals surface area contributed by atoms with Crippen LogP contribution in [-0.4, -0.2) is 64.8 Å². The van der Waals surface area contributed by atoms with Crippen LogP contribution in [0.4, 0.5) is 0 Å². The van der Waals surface area contributed by atoms with Crippen molar-refractivity contribution in [1.82, 2.24) is 24.9 Å². The lowest BCUT2D eigenvalue weighted by Gasteiger charge is -2.38. The molecule has 2 heterocycles. The highest BCUT2D eigenvalue weighted by atomic mass is 16.2. The van der Waals surface area contributed by atoms with Crippen molar-refractivity contribution < 1.29 is 4.79 Å². The molecule has 1 amide bonds. The summed E-state index contributed by atoms with van der Waals surface area (Å²) in [6.45, 7) is 12.3. The minimum Gasteiger partial charge on any atom is -0.348 e. The van der Waals surface area contributed by atoms with Crippen LogP contribution in [0.5, 0.6) is 0 Å². The number of carbonyl (C=O) groups is 1. The Morgan fingerprint density at radius 3 is 2.80 bits per heavy atom. The second-order valence-corrected chi connectivity index (χ2v) is 8.72. The summed E-state index contributed by atoms with van der Waals surface area (Å²) in [5.41, 5.74) is 2.48. The maximum absolute atomic E-state index is 12.6. The Labute approximate surface area is 151 Å². The largest absolute Gasteiger partial charge is 0.348 e. The zero-order valence-corrected chi connectivity index (χ0v) is 16.4. The Hall–Kier alpha value is -1.40. The van der Waals surface area contributed by atoms with Gasteiger partial charge in [-0.2, -0.15) is 5.10 Å². The summed E-state index contributed by atoms with van der Waals surface area (Å²) < 4.78 is 2.13. The maximum Gasteiger partial charge on any atom is 0.234 e. The van der Waals surface area contributed by atoms with Crippen molar-refractivity contribution in [2.24, 2.45) is 0 Å². The first kappa shape index (κ1) is 18.4. The summed E-state index contributed by atoms with van der Waals surface area (Å²) in [4.78, 5) is 17.2. The summed E-state index contributed by atoms with van der Waals surface area (Å²) in [5.74, 6) is 0.137. The van der Waals surface area contributed by atoms with Gasteiger partial charge in [0.05, 0.1) is 24.3 Å². The van der Waals surface area contributed by atoms with E-state index in [0.717, 1.165) is 38.9 Å². The molecule has 2 unspecified atom stereocenters. The first-order chi connectivity index (χ1) is 11.8. The van der Waals surface area contributed by atoms with Crippen LogP contribution >= 0.6 is 0 Å². The van der Waals surface area contributed by atoms with E-state index in [9.17, 15) is 4.79 Å². The van der Waals surface area contributed by atoms with E-state index >= 15 is 0 Å². The molecule has 6 nitrogen and oxygen atoms in total. The number of hydrogen-bond acceptors (Lipinski definition) is 4. The van der Waals surface area contributed by atoms with E-state index in [-0.39, 0.29) is 17.5 Å². The molecule has 2 aliphatic rings. The topological polar surface area (TPSA) is 53.4 Å². The highest BCUT2D eigenvalue weighted by Gasteiger charge is 2.30. The van der Waals surface area contributed by atoms with Crippen LogP contribution in [0.3, 0.4) is 0 Å². The molecule has 140 valence electrons. The Morgan fingerprint density at radius 1 is 1.36 bits per heavy atom. The molecule has 1 aromatic heterocycles. The molecule has 1 fully saturated rings. The molecule has 0 saturated carbocycles. The molecule has 1 aromatic rings. The molecule has 0 radical (unpaired) electrons. The van der Waals surface area contributed by atoms with Gasteiger partial charge in [-0.05, 0) is 54.0 Å². The third-order valence-corrected chi connectivity index (χ3v) is 5.47. The fourth-order valence-electron chi connectivity index (χ4n) is 4.12. The minimum absolute atomic E-state index is 0.0191. The molecule has 25 heavy (non-hydrogen) atoms. The Morgan fingerprint density at radius 2 is 2.12 bits per heavy atom. The third-order valence-electron chi connectivity index (χ3n) is 5.47. The molecule has 0 spiro atoms. The summed E-state index contributed by atoms with van der Waals surface area (Å²) in [7, 11) is 2.14. The number of nitrogens with zero attached hydrogens (tertiary/aromatic N) is 4. The van der Waals surface area contributed by atoms with Crippen LogP contribution in [0.2, 0.25) is 0 Å². The molecule has 1 N–H and O–H groups in total. The first-order valence-corrected chi connectivity index (χ1v) is 9.55. The van der Waals surface area contributed by atoms with Gasteiger partial charge in [0.15, 0.2) is 0 Å². The number of amides is 1. The standard InChI is InChI=1S/C19H33N5O/c1-14-12-22(5)9-10-23(14)13-18(25)21-16-7-6-8-17-15(16)11-20-24(17)19(2,3)4/h11,14,16H,6-10,12-13H2,1-5H3,(H,21,25). The summed E-state index contributed by atoms with van der Waals surface area (Å²) in [6.07, 6.45) is 5.12. The van der Waals surface area contributed by atoms with E-state index < -0.39 is 0 Å². The van der Waals surface area contributed by atoms with E-state index in [2.05, 4.69) is 59.6 Å². The molecular weight excluding hydrogens is 314 g/mol. The van der Waals surface area contributed by atoms with Crippen LogP contribution in [0.1, 0.15) is 57.8 Å². The van der Waals surface area contributed by atoms with Gasteiger partial charge in [0.1, 0.15) is 0 Å². The van der Waals surface area contributed by atoms with Crippen LogP contribution < -0.4 is 5.32 Å². The quantitative estimate of drug-likeness (QED) is 0.905. The second kappa shape index (κ2) is 7.08. The lowest BCUT2D eigenvalue weighted by atomic mass is 9.92. The number of piperazine rings is 1. The summed E-state index contributed by atoms with van der Waals surface area (Å²) in [5, 5.41) is 7.88. The number of nitrogens with one attached hydrogen (secondary N) is 1. The van der Waals surface area contributed by atoms with Gasteiger partial charge in [-0.3, -0.25) is 14.4 Å². The maximum atomic E-state index is 12.6. The number of fused-ring (bicyclic) bond motifs is 1. The van der Waals surface area contributed by atoms with Crippen LogP contribution in [0.15, 0.2) is 6.20 Å². The zero-order chi connectivity index (χ0) is 18.2. The van der Waals surface area contributed by atoms with E-state index in [0.29, 0.717) is 12.6 Å². The second-order valence-electron chi connectivity index (χ2n) is 8.72. The predicted octanol–water partition coefficient (Wildman–Crippen LogP) is 1.77. The SMILES string of the molecule is CC1CN(C)CCN1CC(=O)NC1CCCc2c1cnn2C(C)(C)C. The number of rotatable bonds is 3. The van der Waals surface area contributed by atoms with Crippen molar-refractivity contribution >= 4 is 5.91 Å². The van der Waals surface area contributed by atoms with Crippen molar-refractivity contribution in [3.8, 4) is 0 Å². The Kier molecular flexibility index (Phi) is 5.21.